The van der Waals surface area contributed by atoms with Gasteiger partial charge >= 0.3 is 11.9 Å². The number of ether oxygens (including phenoxy) is 1. The molecule has 19 heavy (non-hydrogen) atoms. The van der Waals surface area contributed by atoms with Crippen molar-refractivity contribution >= 4 is 22.7 Å². The summed E-state index contributed by atoms with van der Waals surface area (Å²) >= 11 is 0. The third kappa shape index (κ3) is 5.65. The number of carboxylic acids is 1. The minimum absolute atomic E-state index is 0.0347. The average Bonchev–Trinajstić information content (AvgIpc) is 2.38. The summed E-state index contributed by atoms with van der Waals surface area (Å²) in [5.41, 5.74) is 1.30. The molecule has 1 N–H and O–H groups in total. The number of rotatable bonds is 7. The summed E-state index contributed by atoms with van der Waals surface area (Å²) in [6.45, 7) is 0. The lowest BCUT2D eigenvalue weighted by Crippen LogP contribution is -2.05. The van der Waals surface area contributed by atoms with Gasteiger partial charge in [-0.15, -0.1) is 0 Å². The number of benzene rings is 1. The third-order valence-corrected chi connectivity index (χ3v) is 3.86. The Bertz CT molecular complexity index is 466. The number of aliphatic carboxylic acids is 1. The van der Waals surface area contributed by atoms with Gasteiger partial charge in [0.2, 0.25) is 0 Å². The van der Waals surface area contributed by atoms with Crippen LogP contribution in [0.1, 0.15) is 28.8 Å². The summed E-state index contributed by atoms with van der Waals surface area (Å²) in [5.74, 6) is -0.555. The number of esters is 1. The Balaban J connectivity index is 2.46. The zero-order valence-corrected chi connectivity index (χ0v) is 11.4. The van der Waals surface area contributed by atoms with E-state index in [0.29, 0.717) is 23.5 Å². The van der Waals surface area contributed by atoms with Crippen molar-refractivity contribution in [2.24, 2.45) is 0 Å². The Morgan fingerprint density at radius 3 is 2.42 bits per heavy atom. The van der Waals surface area contributed by atoms with Crippen molar-refractivity contribution in [1.29, 1.82) is 0 Å². The molecule has 0 radical (unpaired) electrons. The smallest absolute Gasteiger partial charge is 0.337 e. The van der Waals surface area contributed by atoms with E-state index >= 15 is 0 Å². The predicted molar refractivity (Wildman–Crippen MR) is 71.4 cm³/mol. The van der Waals surface area contributed by atoms with Crippen molar-refractivity contribution in [3.8, 4) is 0 Å². The molecule has 0 fully saturated rings. The zero-order valence-electron chi connectivity index (χ0n) is 10.6. The highest BCUT2D eigenvalue weighted by atomic mass is 32.2. The van der Waals surface area contributed by atoms with Crippen LogP contribution < -0.4 is 0 Å². The van der Waals surface area contributed by atoms with Crippen LogP contribution in [0.4, 0.5) is 0 Å². The second-order valence-electron chi connectivity index (χ2n) is 3.97. The van der Waals surface area contributed by atoms with Crippen molar-refractivity contribution in [2.75, 3.05) is 12.9 Å². The van der Waals surface area contributed by atoms with Gasteiger partial charge in [0.05, 0.1) is 12.7 Å². The van der Waals surface area contributed by atoms with Crippen LogP contribution in [0.25, 0.3) is 0 Å². The largest absolute Gasteiger partial charge is 0.481 e. The fraction of sp³-hybridized carbons (Fsp3) is 0.385. The molecule has 0 aliphatic rings. The monoisotopic (exact) mass is 284 g/mol. The van der Waals surface area contributed by atoms with Crippen molar-refractivity contribution in [2.45, 2.75) is 18.6 Å². The number of carbonyl (C=O) groups is 2. The fourth-order valence-corrected chi connectivity index (χ4v) is 2.67. The van der Waals surface area contributed by atoms with Gasteiger partial charge in [0, 0.05) is 28.7 Å². The second kappa shape index (κ2) is 7.68. The lowest BCUT2D eigenvalue weighted by atomic mass is 10.1. The van der Waals surface area contributed by atoms with Crippen LogP contribution in [0, 0.1) is 0 Å². The van der Waals surface area contributed by atoms with Crippen molar-refractivity contribution in [3.63, 3.8) is 0 Å². The molecule has 0 aliphatic carbocycles. The van der Waals surface area contributed by atoms with E-state index in [-0.39, 0.29) is 6.42 Å². The molecular weight excluding hydrogens is 268 g/mol. The van der Waals surface area contributed by atoms with E-state index in [2.05, 4.69) is 4.74 Å². The Kier molecular flexibility index (Phi) is 6.21. The molecule has 0 heterocycles. The SMILES string of the molecule is COC(=O)c1ccc(CS(=O)CCCC(=O)O)cc1. The third-order valence-electron chi connectivity index (χ3n) is 2.47. The molecule has 1 atom stereocenters. The van der Waals surface area contributed by atoms with E-state index in [1.807, 2.05) is 0 Å². The number of hydrogen-bond acceptors (Lipinski definition) is 4. The Labute approximate surface area is 114 Å². The van der Waals surface area contributed by atoms with Gasteiger partial charge in [-0.05, 0) is 24.1 Å². The minimum Gasteiger partial charge on any atom is -0.481 e. The molecule has 1 aromatic carbocycles. The first-order valence-electron chi connectivity index (χ1n) is 5.77. The van der Waals surface area contributed by atoms with Crippen molar-refractivity contribution in [3.05, 3.63) is 35.4 Å². The van der Waals surface area contributed by atoms with E-state index in [4.69, 9.17) is 5.11 Å². The molecule has 0 bridgehead atoms. The molecule has 1 unspecified atom stereocenters. The number of carboxylic acid groups (broad SMARTS) is 1. The van der Waals surface area contributed by atoms with Gasteiger partial charge in [0.15, 0.2) is 0 Å². The van der Waals surface area contributed by atoms with Crippen LogP contribution in [-0.4, -0.2) is 34.1 Å². The molecule has 0 saturated heterocycles. The van der Waals surface area contributed by atoms with Crippen molar-refractivity contribution in [1.82, 2.24) is 0 Å². The molecule has 0 spiro atoms. The first-order valence-corrected chi connectivity index (χ1v) is 7.25. The molecule has 0 aromatic heterocycles. The minimum atomic E-state index is -1.09. The quantitative estimate of drug-likeness (QED) is 0.769. The molecule has 0 aliphatic heterocycles. The van der Waals surface area contributed by atoms with E-state index in [9.17, 15) is 13.8 Å². The van der Waals surface area contributed by atoms with Crippen LogP contribution in [0.3, 0.4) is 0 Å². The van der Waals surface area contributed by atoms with E-state index in [1.165, 1.54) is 7.11 Å². The zero-order chi connectivity index (χ0) is 14.3. The summed E-state index contributed by atoms with van der Waals surface area (Å²) in [7, 11) is 0.227. The van der Waals surface area contributed by atoms with Gasteiger partial charge < -0.3 is 9.84 Å². The summed E-state index contributed by atoms with van der Waals surface area (Å²) in [6, 6.07) is 6.69. The van der Waals surface area contributed by atoms with Crippen LogP contribution in [0.15, 0.2) is 24.3 Å². The molecule has 0 amide bonds. The summed E-state index contributed by atoms with van der Waals surface area (Å²) in [6.07, 6.45) is 0.440. The first-order chi connectivity index (χ1) is 9.02. The average molecular weight is 284 g/mol. The predicted octanol–water partition coefficient (Wildman–Crippen LogP) is 1.59. The van der Waals surface area contributed by atoms with E-state index in [1.54, 1.807) is 24.3 Å². The second-order valence-corrected chi connectivity index (χ2v) is 5.55. The molecule has 0 saturated carbocycles. The molecule has 5 nitrogen and oxygen atoms in total. The highest BCUT2D eigenvalue weighted by Gasteiger charge is 2.07. The molecule has 1 rings (SSSR count). The molecule has 6 heteroatoms. The maximum absolute atomic E-state index is 11.7. The molecular formula is C13H16O5S. The van der Waals surface area contributed by atoms with Gasteiger partial charge in [-0.2, -0.15) is 0 Å². The fourth-order valence-electron chi connectivity index (χ4n) is 1.50. The topological polar surface area (TPSA) is 80.7 Å². The Morgan fingerprint density at radius 1 is 1.26 bits per heavy atom. The van der Waals surface area contributed by atoms with Crippen molar-refractivity contribution < 1.29 is 23.6 Å². The molecule has 104 valence electrons. The van der Waals surface area contributed by atoms with Crippen LogP contribution in [0.2, 0.25) is 0 Å². The van der Waals surface area contributed by atoms with Crippen LogP contribution >= 0.6 is 0 Å². The van der Waals surface area contributed by atoms with Gasteiger partial charge in [-0.1, -0.05) is 12.1 Å². The lowest BCUT2D eigenvalue weighted by Gasteiger charge is -2.03. The summed E-state index contributed by atoms with van der Waals surface area (Å²) in [5, 5.41) is 8.48. The van der Waals surface area contributed by atoms with E-state index < -0.39 is 22.7 Å². The highest BCUT2D eigenvalue weighted by Crippen LogP contribution is 2.09. The summed E-state index contributed by atoms with van der Waals surface area (Å²) < 4.78 is 16.3. The maximum atomic E-state index is 11.7. The van der Waals surface area contributed by atoms with Gasteiger partial charge in [-0.25, -0.2) is 4.79 Å². The lowest BCUT2D eigenvalue weighted by molar-refractivity contribution is -0.137. The van der Waals surface area contributed by atoms with E-state index in [0.717, 1.165) is 5.56 Å². The number of hydrogen-bond donors (Lipinski definition) is 1. The number of methoxy groups -OCH3 is 1. The number of carbonyl (C=O) groups excluding carboxylic acids is 1. The first kappa shape index (κ1) is 15.4. The van der Waals surface area contributed by atoms with Crippen LogP contribution in [0.5, 0.6) is 0 Å². The molecule has 1 aromatic rings. The van der Waals surface area contributed by atoms with Gasteiger partial charge in [-0.3, -0.25) is 9.00 Å². The summed E-state index contributed by atoms with van der Waals surface area (Å²) in [4.78, 5) is 21.5. The van der Waals surface area contributed by atoms with Crippen LogP contribution in [-0.2, 0) is 26.1 Å². The van der Waals surface area contributed by atoms with Gasteiger partial charge in [0.1, 0.15) is 0 Å². The Morgan fingerprint density at radius 2 is 1.89 bits per heavy atom. The normalized spacial score (nSPS) is 11.8. The highest BCUT2D eigenvalue weighted by molar-refractivity contribution is 7.84. The standard InChI is InChI=1S/C13H16O5S/c1-18-13(16)11-6-4-10(5-7-11)9-19(17)8-2-3-12(14)15/h4-7H,2-3,8-9H2,1H3,(H,14,15). The van der Waals surface area contributed by atoms with Gasteiger partial charge in [0.25, 0.3) is 0 Å². The Hall–Kier alpha value is -1.69. The maximum Gasteiger partial charge on any atom is 0.337 e.